The van der Waals surface area contributed by atoms with Gasteiger partial charge in [0.1, 0.15) is 12.5 Å². The molecule has 3 aromatic rings. The number of aromatic nitrogens is 1. The van der Waals surface area contributed by atoms with Crippen molar-refractivity contribution in [3.8, 4) is 5.75 Å². The van der Waals surface area contributed by atoms with E-state index >= 15 is 0 Å². The van der Waals surface area contributed by atoms with Crippen LogP contribution in [0, 0.1) is 5.41 Å². The number of rotatable bonds is 3. The van der Waals surface area contributed by atoms with Gasteiger partial charge in [0, 0.05) is 68.0 Å². The van der Waals surface area contributed by atoms with Gasteiger partial charge in [-0.15, -0.1) is 0 Å². The van der Waals surface area contributed by atoms with Crippen molar-refractivity contribution >= 4 is 23.2 Å². The number of halogens is 1. The fraction of sp³-hybridized carbons (Fsp3) is 0.419. The van der Waals surface area contributed by atoms with E-state index in [1.807, 2.05) is 30.6 Å². The molecule has 0 N–H and O–H groups in total. The van der Waals surface area contributed by atoms with Crippen molar-refractivity contribution in [1.29, 1.82) is 0 Å². The Morgan fingerprint density at radius 2 is 1.79 bits per heavy atom. The maximum atomic E-state index is 13.9. The highest BCUT2D eigenvalue weighted by Crippen LogP contribution is 2.44. The first-order valence-corrected chi connectivity index (χ1v) is 14.2. The van der Waals surface area contributed by atoms with Crippen LogP contribution in [-0.2, 0) is 13.0 Å². The van der Waals surface area contributed by atoms with Gasteiger partial charge in [0.15, 0.2) is 0 Å². The van der Waals surface area contributed by atoms with Gasteiger partial charge < -0.3 is 14.5 Å². The van der Waals surface area contributed by atoms with Crippen molar-refractivity contribution in [3.63, 3.8) is 0 Å². The highest BCUT2D eigenvalue weighted by Gasteiger charge is 2.43. The number of hydrogen-bond donors (Lipinski definition) is 0. The first-order chi connectivity index (χ1) is 18.6. The molecule has 0 radical (unpaired) electrons. The van der Waals surface area contributed by atoms with Crippen LogP contribution in [0.3, 0.4) is 0 Å². The first-order valence-electron chi connectivity index (χ1n) is 13.8. The lowest BCUT2D eigenvalue weighted by Gasteiger charge is -2.40. The van der Waals surface area contributed by atoms with Crippen molar-refractivity contribution in [2.75, 3.05) is 37.8 Å². The monoisotopic (exact) mass is 528 g/mol. The molecule has 2 aromatic carbocycles. The summed E-state index contributed by atoms with van der Waals surface area (Å²) >= 11 is 6.35. The molecule has 196 valence electrons. The highest BCUT2D eigenvalue weighted by atomic mass is 35.5. The number of piperidine rings is 1. The number of ether oxygens (including phenoxy) is 1. The number of amides is 1. The summed E-state index contributed by atoms with van der Waals surface area (Å²) in [6.45, 7) is 5.15. The molecule has 1 aromatic heterocycles. The summed E-state index contributed by atoms with van der Waals surface area (Å²) in [7, 11) is 0. The zero-order valence-corrected chi connectivity index (χ0v) is 22.4. The number of benzene rings is 2. The highest BCUT2D eigenvalue weighted by molar-refractivity contribution is 6.32. The van der Waals surface area contributed by atoms with E-state index in [0.29, 0.717) is 11.8 Å². The maximum Gasteiger partial charge on any atom is 0.254 e. The van der Waals surface area contributed by atoms with Gasteiger partial charge in [-0.1, -0.05) is 35.9 Å². The van der Waals surface area contributed by atoms with Gasteiger partial charge in [-0.25, -0.2) is 0 Å². The van der Waals surface area contributed by atoms with E-state index in [9.17, 15) is 4.79 Å². The summed E-state index contributed by atoms with van der Waals surface area (Å²) in [5.41, 5.74) is 6.04. The molecule has 3 aliphatic heterocycles. The lowest BCUT2D eigenvalue weighted by Crippen LogP contribution is -2.42. The van der Waals surface area contributed by atoms with E-state index in [1.165, 1.54) is 16.8 Å². The van der Waals surface area contributed by atoms with E-state index in [-0.39, 0.29) is 17.4 Å². The number of nitrogens with zero attached hydrogens (tertiary/aromatic N) is 4. The zero-order valence-electron chi connectivity index (χ0n) is 21.6. The van der Waals surface area contributed by atoms with Crippen LogP contribution in [0.15, 0.2) is 60.9 Å². The number of fused-ring (bicyclic) bond motifs is 2. The Bertz CT molecular complexity index is 1360. The summed E-state index contributed by atoms with van der Waals surface area (Å²) in [5.74, 6) is 1.02. The van der Waals surface area contributed by atoms with Crippen LogP contribution < -0.4 is 9.64 Å². The standard InChI is InChI=1S/C31H33ClN4O2/c32-27-6-1-3-22-19-36(21-38-29(22)27)28-8-7-24-25(28)4-2-5-26(24)30(37)35-18-13-31(20-35)11-16-34(17-12-31)23-9-14-33-15-10-23/h1-6,9-10,14-15,28H,7-8,11-13,16-21H2/t28-/m0/s1. The maximum absolute atomic E-state index is 13.9. The van der Waals surface area contributed by atoms with E-state index in [1.54, 1.807) is 0 Å². The second-order valence-corrected chi connectivity index (χ2v) is 11.8. The molecule has 2 saturated heterocycles. The van der Waals surface area contributed by atoms with Gasteiger partial charge in [0.2, 0.25) is 0 Å². The van der Waals surface area contributed by atoms with E-state index < -0.39 is 0 Å². The van der Waals surface area contributed by atoms with E-state index in [0.717, 1.165) is 81.7 Å². The van der Waals surface area contributed by atoms with Crippen molar-refractivity contribution in [3.05, 3.63) is 88.2 Å². The predicted molar refractivity (Wildman–Crippen MR) is 149 cm³/mol. The fourth-order valence-electron chi connectivity index (χ4n) is 7.14. The lowest BCUT2D eigenvalue weighted by molar-refractivity contribution is 0.0555. The van der Waals surface area contributed by atoms with Gasteiger partial charge >= 0.3 is 0 Å². The summed E-state index contributed by atoms with van der Waals surface area (Å²) in [5, 5.41) is 0.674. The number of carbonyl (C=O) groups excluding carboxylic acids is 1. The molecule has 0 unspecified atom stereocenters. The van der Waals surface area contributed by atoms with Crippen LogP contribution in [0.2, 0.25) is 5.02 Å². The molecule has 1 spiro atoms. The molecule has 7 heteroatoms. The molecular formula is C31H33ClN4O2. The number of hydrogen-bond acceptors (Lipinski definition) is 5. The molecule has 0 bridgehead atoms. The van der Waals surface area contributed by atoms with Crippen molar-refractivity contribution in [2.45, 2.75) is 44.7 Å². The average Bonchev–Trinajstić information content (AvgIpc) is 3.58. The second-order valence-electron chi connectivity index (χ2n) is 11.3. The molecule has 1 aliphatic carbocycles. The second kappa shape index (κ2) is 9.58. The minimum Gasteiger partial charge on any atom is -0.476 e. The Kier molecular flexibility index (Phi) is 6.05. The summed E-state index contributed by atoms with van der Waals surface area (Å²) in [4.78, 5) is 25.0. The molecule has 4 heterocycles. The summed E-state index contributed by atoms with van der Waals surface area (Å²) in [6, 6.07) is 16.7. The van der Waals surface area contributed by atoms with Crippen molar-refractivity contribution < 1.29 is 9.53 Å². The average molecular weight is 529 g/mol. The van der Waals surface area contributed by atoms with Crippen LogP contribution in [0.25, 0.3) is 0 Å². The fourth-order valence-corrected chi connectivity index (χ4v) is 7.39. The normalized spacial score (nSPS) is 22.3. The number of para-hydroxylation sites is 1. The Morgan fingerprint density at radius 3 is 2.63 bits per heavy atom. The quantitative estimate of drug-likeness (QED) is 0.436. The number of carbonyl (C=O) groups is 1. The molecule has 1 amide bonds. The number of anilines is 1. The molecule has 4 aliphatic rings. The molecule has 6 nitrogen and oxygen atoms in total. The molecule has 0 saturated carbocycles. The largest absolute Gasteiger partial charge is 0.476 e. The third kappa shape index (κ3) is 4.15. The van der Waals surface area contributed by atoms with Crippen LogP contribution in [-0.4, -0.2) is 53.6 Å². The number of pyridine rings is 1. The minimum atomic E-state index is 0.211. The first kappa shape index (κ1) is 24.0. The van der Waals surface area contributed by atoms with Crippen molar-refractivity contribution in [1.82, 2.24) is 14.8 Å². The zero-order chi connectivity index (χ0) is 25.7. The summed E-state index contributed by atoms with van der Waals surface area (Å²) in [6.07, 6.45) is 9.04. The predicted octanol–water partition coefficient (Wildman–Crippen LogP) is 5.71. The lowest BCUT2D eigenvalue weighted by atomic mass is 9.77. The smallest absolute Gasteiger partial charge is 0.254 e. The van der Waals surface area contributed by atoms with E-state index in [4.69, 9.17) is 16.3 Å². The van der Waals surface area contributed by atoms with Crippen molar-refractivity contribution in [2.24, 2.45) is 5.41 Å². The van der Waals surface area contributed by atoms with Gasteiger partial charge in [-0.3, -0.25) is 14.7 Å². The third-order valence-corrected chi connectivity index (χ3v) is 9.58. The molecule has 7 rings (SSSR count). The Balaban J connectivity index is 1.05. The SMILES string of the molecule is O=C(c1cccc2c1CC[C@@H]2N1COc2c(Cl)cccc2C1)N1CCC2(CCN(c3ccncc3)CC2)C1. The van der Waals surface area contributed by atoms with Gasteiger partial charge in [-0.05, 0) is 72.9 Å². The third-order valence-electron chi connectivity index (χ3n) is 9.28. The molecule has 1 atom stereocenters. The number of likely N-dealkylation sites (tertiary alicyclic amines) is 1. The van der Waals surface area contributed by atoms with Gasteiger partial charge in [0.25, 0.3) is 5.91 Å². The minimum absolute atomic E-state index is 0.211. The van der Waals surface area contributed by atoms with E-state index in [2.05, 4.69) is 50.0 Å². The Labute approximate surface area is 229 Å². The topological polar surface area (TPSA) is 48.9 Å². The molecule has 38 heavy (non-hydrogen) atoms. The Morgan fingerprint density at radius 1 is 1.00 bits per heavy atom. The van der Waals surface area contributed by atoms with Gasteiger partial charge in [0.05, 0.1) is 5.02 Å². The van der Waals surface area contributed by atoms with Crippen LogP contribution >= 0.6 is 11.6 Å². The molecule has 2 fully saturated rings. The van der Waals surface area contributed by atoms with Crippen LogP contribution in [0.1, 0.15) is 58.8 Å². The van der Waals surface area contributed by atoms with Crippen LogP contribution in [0.5, 0.6) is 5.75 Å². The van der Waals surface area contributed by atoms with Gasteiger partial charge in [-0.2, -0.15) is 0 Å². The van der Waals surface area contributed by atoms with Crippen LogP contribution in [0.4, 0.5) is 5.69 Å². The molecular weight excluding hydrogens is 496 g/mol. The summed E-state index contributed by atoms with van der Waals surface area (Å²) < 4.78 is 6.07. The Hall–Kier alpha value is -3.09.